The molecular formula is C18H16NO8-. The van der Waals surface area contributed by atoms with Crippen molar-refractivity contribution in [1.29, 1.82) is 0 Å². The Labute approximate surface area is 153 Å². The van der Waals surface area contributed by atoms with E-state index >= 15 is 0 Å². The van der Waals surface area contributed by atoms with E-state index in [0.717, 1.165) is 0 Å². The molecule has 2 aliphatic rings. The van der Waals surface area contributed by atoms with Crippen molar-refractivity contribution in [3.63, 3.8) is 0 Å². The number of carbonyl (C=O) groups is 4. The molecule has 0 saturated carbocycles. The molecule has 9 nitrogen and oxygen atoms in total. The average Bonchev–Trinajstić information content (AvgIpc) is 3.27. The highest BCUT2D eigenvalue weighted by Gasteiger charge is 2.50. The van der Waals surface area contributed by atoms with Crippen LogP contribution < -0.4 is 10.4 Å². The van der Waals surface area contributed by atoms with E-state index in [2.05, 4.69) is 14.8 Å². The fourth-order valence-electron chi connectivity index (χ4n) is 3.30. The third kappa shape index (κ3) is 3.41. The van der Waals surface area contributed by atoms with Crippen LogP contribution >= 0.6 is 0 Å². The number of amides is 1. The number of carboxylic acids is 1. The van der Waals surface area contributed by atoms with Crippen LogP contribution in [0.25, 0.3) is 0 Å². The highest BCUT2D eigenvalue weighted by Crippen LogP contribution is 2.39. The molecule has 0 unspecified atom stereocenters. The SMILES string of the molecule is COC(=O)c1cc(NC(=O)[C@@H]2[C@@H](C(=O)[O-])[C@H]3C=C[C@@H]2O3)cc(C(=O)OC)c1. The van der Waals surface area contributed by atoms with Crippen LogP contribution in [-0.2, 0) is 23.8 Å². The van der Waals surface area contributed by atoms with Crippen molar-refractivity contribution in [2.24, 2.45) is 11.8 Å². The number of hydrogen-bond acceptors (Lipinski definition) is 8. The number of methoxy groups -OCH3 is 2. The molecular weight excluding hydrogens is 358 g/mol. The summed E-state index contributed by atoms with van der Waals surface area (Å²) in [7, 11) is 2.35. The molecule has 1 aromatic carbocycles. The van der Waals surface area contributed by atoms with Crippen molar-refractivity contribution >= 4 is 29.5 Å². The predicted molar refractivity (Wildman–Crippen MR) is 87.5 cm³/mol. The van der Waals surface area contributed by atoms with Crippen molar-refractivity contribution < 1.29 is 38.5 Å². The molecule has 4 atom stereocenters. The maximum absolute atomic E-state index is 12.7. The van der Waals surface area contributed by atoms with Crippen LogP contribution in [0.2, 0.25) is 0 Å². The third-order valence-corrected chi connectivity index (χ3v) is 4.52. The molecule has 2 heterocycles. The van der Waals surface area contributed by atoms with Crippen LogP contribution in [0, 0.1) is 11.8 Å². The van der Waals surface area contributed by atoms with E-state index < -0.39 is 47.9 Å². The monoisotopic (exact) mass is 374 g/mol. The van der Waals surface area contributed by atoms with Crippen molar-refractivity contribution in [2.75, 3.05) is 19.5 Å². The number of esters is 2. The average molecular weight is 374 g/mol. The summed E-state index contributed by atoms with van der Waals surface area (Å²) in [5, 5.41) is 13.9. The van der Waals surface area contributed by atoms with E-state index in [4.69, 9.17) is 4.74 Å². The molecule has 0 aliphatic carbocycles. The number of carboxylic acid groups (broad SMARTS) is 1. The highest BCUT2D eigenvalue weighted by molar-refractivity contribution is 6.01. The number of nitrogens with one attached hydrogen (secondary N) is 1. The van der Waals surface area contributed by atoms with Gasteiger partial charge >= 0.3 is 11.9 Å². The number of ether oxygens (including phenoxy) is 3. The first-order chi connectivity index (χ1) is 12.8. The number of anilines is 1. The van der Waals surface area contributed by atoms with E-state index in [1.54, 1.807) is 12.2 Å². The molecule has 0 aromatic heterocycles. The lowest BCUT2D eigenvalue weighted by Gasteiger charge is -2.25. The maximum Gasteiger partial charge on any atom is 0.337 e. The zero-order chi connectivity index (χ0) is 19.7. The Balaban J connectivity index is 1.89. The Morgan fingerprint density at radius 1 is 0.926 bits per heavy atom. The van der Waals surface area contributed by atoms with E-state index in [-0.39, 0.29) is 16.8 Å². The highest BCUT2D eigenvalue weighted by atomic mass is 16.5. The number of hydrogen-bond donors (Lipinski definition) is 1. The zero-order valence-corrected chi connectivity index (χ0v) is 14.5. The van der Waals surface area contributed by atoms with Gasteiger partial charge in [0.1, 0.15) is 0 Å². The van der Waals surface area contributed by atoms with Gasteiger partial charge in [0.05, 0.1) is 43.5 Å². The lowest BCUT2D eigenvalue weighted by molar-refractivity contribution is -0.313. The van der Waals surface area contributed by atoms with Gasteiger partial charge in [-0.05, 0) is 18.2 Å². The summed E-state index contributed by atoms with van der Waals surface area (Å²) in [4.78, 5) is 47.7. The summed E-state index contributed by atoms with van der Waals surface area (Å²) < 4.78 is 14.7. The van der Waals surface area contributed by atoms with E-state index in [1.165, 1.54) is 32.4 Å². The standard InChI is InChI=1S/C18H17NO8/c1-25-17(23)8-5-9(18(24)26-2)7-10(6-8)19-15(20)13-11-3-4-12(27-11)14(13)16(21)22/h3-7,11-14H,1-2H3,(H,19,20)(H,21,22)/p-1/t11-,12+,13-,14-/m0/s1. The van der Waals surface area contributed by atoms with Crippen molar-refractivity contribution in [3.05, 3.63) is 41.5 Å². The van der Waals surface area contributed by atoms with Gasteiger partial charge in [0.25, 0.3) is 0 Å². The lowest BCUT2D eigenvalue weighted by atomic mass is 9.82. The predicted octanol–water partition coefficient (Wildman–Crippen LogP) is -0.482. The Kier molecular flexibility index (Phi) is 4.95. The molecule has 0 spiro atoms. The van der Waals surface area contributed by atoms with Crippen molar-refractivity contribution in [2.45, 2.75) is 12.2 Å². The van der Waals surface area contributed by atoms with Gasteiger partial charge in [-0.3, -0.25) is 4.79 Å². The van der Waals surface area contributed by atoms with Crippen LogP contribution in [0.3, 0.4) is 0 Å². The van der Waals surface area contributed by atoms with E-state index in [0.29, 0.717) is 0 Å². The second kappa shape index (κ2) is 7.20. The Morgan fingerprint density at radius 2 is 1.44 bits per heavy atom. The summed E-state index contributed by atoms with van der Waals surface area (Å²) in [6.07, 6.45) is 1.81. The molecule has 142 valence electrons. The first-order valence-electron chi connectivity index (χ1n) is 8.03. The minimum Gasteiger partial charge on any atom is -0.550 e. The third-order valence-electron chi connectivity index (χ3n) is 4.52. The number of fused-ring (bicyclic) bond motifs is 2. The van der Waals surface area contributed by atoms with Gasteiger partial charge < -0.3 is 29.4 Å². The molecule has 2 bridgehead atoms. The Hall–Kier alpha value is -3.20. The topological polar surface area (TPSA) is 131 Å². The smallest absolute Gasteiger partial charge is 0.337 e. The van der Waals surface area contributed by atoms with Crippen molar-refractivity contribution in [3.8, 4) is 0 Å². The summed E-state index contributed by atoms with van der Waals surface area (Å²) in [6, 6.07) is 3.89. The molecule has 1 fully saturated rings. The van der Waals surface area contributed by atoms with E-state index in [9.17, 15) is 24.3 Å². The Bertz CT molecular complexity index is 812. The Morgan fingerprint density at radius 3 is 1.93 bits per heavy atom. The van der Waals surface area contributed by atoms with Gasteiger partial charge in [-0.1, -0.05) is 12.2 Å². The van der Waals surface area contributed by atoms with Gasteiger partial charge in [0.15, 0.2) is 0 Å². The number of benzene rings is 1. The van der Waals surface area contributed by atoms with Crippen LogP contribution in [0.15, 0.2) is 30.4 Å². The largest absolute Gasteiger partial charge is 0.550 e. The normalized spacial score (nSPS) is 25.1. The summed E-state index contributed by atoms with van der Waals surface area (Å²) in [5.41, 5.74) is 0.166. The minimum atomic E-state index is -1.38. The van der Waals surface area contributed by atoms with Crippen LogP contribution in [0.5, 0.6) is 0 Å². The maximum atomic E-state index is 12.7. The van der Waals surface area contributed by atoms with Crippen LogP contribution in [0.4, 0.5) is 5.69 Å². The molecule has 27 heavy (non-hydrogen) atoms. The lowest BCUT2D eigenvalue weighted by Crippen LogP contribution is -2.45. The fraction of sp³-hybridized carbons (Fsp3) is 0.333. The zero-order valence-electron chi connectivity index (χ0n) is 14.5. The molecule has 3 rings (SSSR count). The summed E-state index contributed by atoms with van der Waals surface area (Å²) >= 11 is 0. The fourth-order valence-corrected chi connectivity index (χ4v) is 3.30. The van der Waals surface area contributed by atoms with Gasteiger partial charge in [-0.2, -0.15) is 0 Å². The second-order valence-corrected chi connectivity index (χ2v) is 6.09. The molecule has 1 N–H and O–H groups in total. The molecule has 1 aromatic rings. The summed E-state index contributed by atoms with van der Waals surface area (Å²) in [5.74, 6) is -5.55. The second-order valence-electron chi connectivity index (χ2n) is 6.09. The number of aliphatic carboxylic acids is 1. The quantitative estimate of drug-likeness (QED) is 0.540. The van der Waals surface area contributed by atoms with Gasteiger partial charge in [0, 0.05) is 17.6 Å². The molecule has 1 saturated heterocycles. The first-order valence-corrected chi connectivity index (χ1v) is 8.03. The summed E-state index contributed by atoms with van der Waals surface area (Å²) in [6.45, 7) is 0. The van der Waals surface area contributed by atoms with Crippen molar-refractivity contribution in [1.82, 2.24) is 0 Å². The molecule has 2 aliphatic heterocycles. The van der Waals surface area contributed by atoms with Gasteiger partial charge in [-0.15, -0.1) is 0 Å². The van der Waals surface area contributed by atoms with E-state index in [1.807, 2.05) is 0 Å². The van der Waals surface area contributed by atoms with Gasteiger partial charge in [-0.25, -0.2) is 9.59 Å². The minimum absolute atomic E-state index is 0.0243. The van der Waals surface area contributed by atoms with Crippen LogP contribution in [-0.4, -0.2) is 50.2 Å². The molecule has 1 amide bonds. The molecule has 0 radical (unpaired) electrons. The first kappa shape index (κ1) is 18.6. The van der Waals surface area contributed by atoms with Gasteiger partial charge in [0.2, 0.25) is 5.91 Å². The molecule has 9 heteroatoms. The number of rotatable bonds is 5. The number of carbonyl (C=O) groups excluding carboxylic acids is 4. The van der Waals surface area contributed by atoms with Crippen LogP contribution in [0.1, 0.15) is 20.7 Å².